The number of ether oxygens (including phenoxy) is 1. The Morgan fingerprint density at radius 3 is 3.20 bits per heavy atom. The van der Waals surface area contributed by atoms with Gasteiger partial charge >= 0.3 is 0 Å². The lowest BCUT2D eigenvalue weighted by atomic mass is 10.1. The minimum absolute atomic E-state index is 0.744. The second kappa shape index (κ2) is 5.97. The third-order valence-corrected chi connectivity index (χ3v) is 3.88. The number of nitrogens with one attached hydrogen (secondary N) is 1. The summed E-state index contributed by atoms with van der Waals surface area (Å²) in [5.41, 5.74) is 3.68. The van der Waals surface area contributed by atoms with Gasteiger partial charge in [-0.3, -0.25) is 4.68 Å². The summed E-state index contributed by atoms with van der Waals surface area (Å²) in [4.78, 5) is 0. The number of rotatable bonds is 5. The average molecular weight is 336 g/mol. The van der Waals surface area contributed by atoms with Gasteiger partial charge in [0.25, 0.3) is 0 Å². The molecule has 0 saturated carbocycles. The van der Waals surface area contributed by atoms with Gasteiger partial charge in [0.15, 0.2) is 0 Å². The Kier molecular flexibility index (Phi) is 4.08. The molecule has 2 aromatic rings. The summed E-state index contributed by atoms with van der Waals surface area (Å²) >= 11 is 3.57. The zero-order valence-electron chi connectivity index (χ0n) is 11.5. The first-order valence-electron chi connectivity index (χ1n) is 6.92. The molecule has 0 amide bonds. The van der Waals surface area contributed by atoms with Crippen LogP contribution in [-0.2, 0) is 19.5 Å². The number of nitrogens with zero attached hydrogens (tertiary/aromatic N) is 2. The molecule has 0 fully saturated rings. The van der Waals surface area contributed by atoms with Crippen LogP contribution in [0.25, 0.3) is 0 Å². The molecular weight excluding hydrogens is 318 g/mol. The van der Waals surface area contributed by atoms with E-state index in [2.05, 4.69) is 51.6 Å². The van der Waals surface area contributed by atoms with Gasteiger partial charge in [-0.2, -0.15) is 5.10 Å². The van der Waals surface area contributed by atoms with Crippen molar-refractivity contribution in [3.8, 4) is 5.75 Å². The van der Waals surface area contributed by atoms with Crippen LogP contribution in [0.2, 0.25) is 0 Å². The number of halogens is 1. The molecule has 1 aliphatic rings. The Balaban J connectivity index is 1.79. The van der Waals surface area contributed by atoms with Gasteiger partial charge in [-0.15, -0.1) is 0 Å². The molecule has 0 bridgehead atoms. The molecule has 0 radical (unpaired) electrons. The summed E-state index contributed by atoms with van der Waals surface area (Å²) < 4.78 is 8.83. The largest absolute Gasteiger partial charge is 0.493 e. The zero-order chi connectivity index (χ0) is 13.9. The lowest BCUT2D eigenvalue weighted by molar-refractivity contribution is 0.352. The smallest absolute Gasteiger partial charge is 0.127 e. The first-order chi connectivity index (χ1) is 9.76. The van der Waals surface area contributed by atoms with E-state index >= 15 is 0 Å². The molecule has 0 saturated heterocycles. The summed E-state index contributed by atoms with van der Waals surface area (Å²) in [6.45, 7) is 5.46. The SMILES string of the molecule is CCNCc1cnn(Cc2cc(Br)cc3c2OCC3)c1. The summed E-state index contributed by atoms with van der Waals surface area (Å²) in [6.07, 6.45) is 5.00. The maximum atomic E-state index is 5.75. The predicted molar refractivity (Wildman–Crippen MR) is 82.1 cm³/mol. The van der Waals surface area contributed by atoms with E-state index in [0.717, 1.165) is 42.9 Å². The summed E-state index contributed by atoms with van der Waals surface area (Å²) in [5.74, 6) is 1.04. The molecule has 2 heterocycles. The lowest BCUT2D eigenvalue weighted by Gasteiger charge is -2.09. The molecule has 0 unspecified atom stereocenters. The normalized spacial score (nSPS) is 13.3. The van der Waals surface area contributed by atoms with Crippen molar-refractivity contribution in [1.82, 2.24) is 15.1 Å². The quantitative estimate of drug-likeness (QED) is 0.913. The van der Waals surface area contributed by atoms with Gasteiger partial charge in [0.2, 0.25) is 0 Å². The molecule has 0 atom stereocenters. The van der Waals surface area contributed by atoms with Gasteiger partial charge in [0.1, 0.15) is 5.75 Å². The van der Waals surface area contributed by atoms with E-state index in [1.807, 2.05) is 10.9 Å². The number of benzene rings is 1. The molecule has 1 aliphatic heterocycles. The number of hydrogen-bond acceptors (Lipinski definition) is 3. The minimum Gasteiger partial charge on any atom is -0.493 e. The Hall–Kier alpha value is -1.33. The Labute approximate surface area is 127 Å². The standard InChI is InChI=1S/C15H18BrN3O/c1-2-17-7-11-8-18-19(9-11)10-13-6-14(16)5-12-3-4-20-15(12)13/h5-6,8-9,17H,2-4,7,10H2,1H3. The Morgan fingerprint density at radius 2 is 2.35 bits per heavy atom. The van der Waals surface area contributed by atoms with E-state index in [9.17, 15) is 0 Å². The molecule has 3 rings (SSSR count). The van der Waals surface area contributed by atoms with E-state index in [1.54, 1.807) is 0 Å². The maximum Gasteiger partial charge on any atom is 0.127 e. The van der Waals surface area contributed by atoms with Crippen molar-refractivity contribution in [1.29, 1.82) is 0 Å². The van der Waals surface area contributed by atoms with Crippen LogP contribution in [0.3, 0.4) is 0 Å². The highest BCUT2D eigenvalue weighted by Crippen LogP contribution is 2.33. The van der Waals surface area contributed by atoms with E-state index in [4.69, 9.17) is 4.74 Å². The molecule has 5 heteroatoms. The van der Waals surface area contributed by atoms with Crippen molar-refractivity contribution in [2.75, 3.05) is 13.2 Å². The van der Waals surface area contributed by atoms with Crippen LogP contribution in [-0.4, -0.2) is 22.9 Å². The number of hydrogen-bond donors (Lipinski definition) is 1. The van der Waals surface area contributed by atoms with E-state index in [-0.39, 0.29) is 0 Å². The van der Waals surface area contributed by atoms with Gasteiger partial charge in [-0.05, 0) is 24.2 Å². The molecule has 1 N–H and O–H groups in total. The second-order valence-corrected chi connectivity index (χ2v) is 5.89. The fourth-order valence-electron chi connectivity index (χ4n) is 2.49. The topological polar surface area (TPSA) is 39.1 Å². The molecule has 0 spiro atoms. The molecule has 106 valence electrons. The fraction of sp³-hybridized carbons (Fsp3) is 0.400. The van der Waals surface area contributed by atoms with Gasteiger partial charge < -0.3 is 10.1 Å². The van der Waals surface area contributed by atoms with Gasteiger partial charge in [0, 0.05) is 34.8 Å². The van der Waals surface area contributed by atoms with Crippen molar-refractivity contribution in [2.24, 2.45) is 0 Å². The van der Waals surface area contributed by atoms with Gasteiger partial charge in [0.05, 0.1) is 19.3 Å². The zero-order valence-corrected chi connectivity index (χ0v) is 13.1. The highest BCUT2D eigenvalue weighted by atomic mass is 79.9. The first kappa shape index (κ1) is 13.6. The van der Waals surface area contributed by atoms with Crippen LogP contribution in [0.4, 0.5) is 0 Å². The Morgan fingerprint density at radius 1 is 1.45 bits per heavy atom. The molecule has 1 aromatic carbocycles. The molecular formula is C15H18BrN3O. The lowest BCUT2D eigenvalue weighted by Crippen LogP contribution is -2.11. The molecule has 1 aromatic heterocycles. The van der Waals surface area contributed by atoms with Crippen LogP contribution >= 0.6 is 15.9 Å². The van der Waals surface area contributed by atoms with Crippen molar-refractivity contribution in [3.63, 3.8) is 0 Å². The minimum atomic E-state index is 0.744. The molecule has 20 heavy (non-hydrogen) atoms. The van der Waals surface area contributed by atoms with Crippen LogP contribution in [0.5, 0.6) is 5.75 Å². The van der Waals surface area contributed by atoms with E-state index in [1.165, 1.54) is 16.7 Å². The Bertz CT molecular complexity index is 609. The summed E-state index contributed by atoms with van der Waals surface area (Å²) in [7, 11) is 0. The maximum absolute atomic E-state index is 5.75. The average Bonchev–Trinajstić information content (AvgIpc) is 3.05. The first-order valence-corrected chi connectivity index (χ1v) is 7.71. The van der Waals surface area contributed by atoms with Crippen molar-refractivity contribution < 1.29 is 4.74 Å². The number of aromatic nitrogens is 2. The van der Waals surface area contributed by atoms with Crippen LogP contribution in [0, 0.1) is 0 Å². The van der Waals surface area contributed by atoms with E-state index in [0.29, 0.717) is 0 Å². The van der Waals surface area contributed by atoms with Crippen molar-refractivity contribution in [2.45, 2.75) is 26.4 Å². The third-order valence-electron chi connectivity index (χ3n) is 3.42. The third kappa shape index (κ3) is 2.88. The van der Waals surface area contributed by atoms with Crippen molar-refractivity contribution in [3.05, 3.63) is 45.7 Å². The molecule has 0 aliphatic carbocycles. The summed E-state index contributed by atoms with van der Waals surface area (Å²) in [6, 6.07) is 4.27. The second-order valence-electron chi connectivity index (χ2n) is 4.98. The highest BCUT2D eigenvalue weighted by molar-refractivity contribution is 9.10. The predicted octanol–water partition coefficient (Wildman–Crippen LogP) is 2.74. The fourth-order valence-corrected chi connectivity index (χ4v) is 3.04. The van der Waals surface area contributed by atoms with Gasteiger partial charge in [-0.1, -0.05) is 22.9 Å². The molecule has 4 nitrogen and oxygen atoms in total. The monoisotopic (exact) mass is 335 g/mol. The summed E-state index contributed by atoms with van der Waals surface area (Å²) in [5, 5.41) is 7.73. The van der Waals surface area contributed by atoms with Crippen LogP contribution in [0.1, 0.15) is 23.6 Å². The van der Waals surface area contributed by atoms with E-state index < -0.39 is 0 Å². The highest BCUT2D eigenvalue weighted by Gasteiger charge is 2.17. The van der Waals surface area contributed by atoms with Crippen molar-refractivity contribution >= 4 is 15.9 Å². The van der Waals surface area contributed by atoms with Crippen LogP contribution in [0.15, 0.2) is 29.0 Å². The van der Waals surface area contributed by atoms with Gasteiger partial charge in [-0.25, -0.2) is 0 Å². The van der Waals surface area contributed by atoms with Crippen LogP contribution < -0.4 is 10.1 Å². The number of fused-ring (bicyclic) bond motifs is 1.